The second-order valence-corrected chi connectivity index (χ2v) is 2.23. The molecule has 0 aromatic rings. The second kappa shape index (κ2) is 2.67. The van der Waals surface area contributed by atoms with Gasteiger partial charge in [-0.15, -0.1) is 11.8 Å². The van der Waals surface area contributed by atoms with Gasteiger partial charge in [-0.25, -0.2) is 0 Å². The SMILES string of the molecule is O=CC1=NC=CSC1. The van der Waals surface area contributed by atoms with E-state index >= 15 is 0 Å². The first-order valence-corrected chi connectivity index (χ1v) is 3.27. The normalized spacial score (nSPS) is 17.8. The quantitative estimate of drug-likeness (QED) is 0.488. The van der Waals surface area contributed by atoms with Crippen molar-refractivity contribution in [3.63, 3.8) is 0 Å². The lowest BCUT2D eigenvalue weighted by molar-refractivity contribution is -0.102. The molecule has 1 aliphatic rings. The molecule has 0 atom stereocenters. The van der Waals surface area contributed by atoms with E-state index < -0.39 is 0 Å². The van der Waals surface area contributed by atoms with Gasteiger partial charge in [0, 0.05) is 12.0 Å². The van der Waals surface area contributed by atoms with Crippen LogP contribution in [-0.2, 0) is 4.79 Å². The first-order chi connectivity index (χ1) is 3.93. The summed E-state index contributed by atoms with van der Waals surface area (Å²) in [6, 6.07) is 0. The van der Waals surface area contributed by atoms with Crippen LogP contribution >= 0.6 is 11.8 Å². The highest BCUT2D eigenvalue weighted by molar-refractivity contribution is 8.02. The summed E-state index contributed by atoms with van der Waals surface area (Å²) in [5, 5.41) is 1.87. The van der Waals surface area contributed by atoms with Gasteiger partial charge < -0.3 is 0 Å². The van der Waals surface area contributed by atoms with Crippen LogP contribution in [0.2, 0.25) is 0 Å². The number of aliphatic imine (C=N–C) groups is 1. The number of carbonyl (C=O) groups is 1. The summed E-state index contributed by atoms with van der Waals surface area (Å²) in [5.41, 5.74) is 0.623. The van der Waals surface area contributed by atoms with Crippen LogP contribution in [0.1, 0.15) is 0 Å². The Labute approximate surface area is 51.7 Å². The maximum absolute atomic E-state index is 9.98. The number of hydrogen-bond donors (Lipinski definition) is 0. The van der Waals surface area contributed by atoms with E-state index in [2.05, 4.69) is 4.99 Å². The predicted molar refractivity (Wildman–Crippen MR) is 35.1 cm³/mol. The van der Waals surface area contributed by atoms with Crippen molar-refractivity contribution < 1.29 is 4.79 Å². The molecule has 0 unspecified atom stereocenters. The Balaban J connectivity index is 2.63. The molecular formula is C5H5NOS. The molecule has 0 amide bonds. The minimum Gasteiger partial charge on any atom is -0.296 e. The van der Waals surface area contributed by atoms with Gasteiger partial charge in [-0.1, -0.05) is 0 Å². The van der Waals surface area contributed by atoms with Gasteiger partial charge in [0.25, 0.3) is 0 Å². The van der Waals surface area contributed by atoms with E-state index in [1.807, 2.05) is 5.41 Å². The molecule has 0 saturated heterocycles. The van der Waals surface area contributed by atoms with Gasteiger partial charge >= 0.3 is 0 Å². The van der Waals surface area contributed by atoms with E-state index in [1.54, 1.807) is 18.0 Å². The molecular weight excluding hydrogens is 122 g/mol. The molecule has 0 spiro atoms. The maximum Gasteiger partial charge on any atom is 0.165 e. The topological polar surface area (TPSA) is 29.4 Å². The molecule has 0 saturated carbocycles. The molecule has 0 N–H and O–H groups in total. The fourth-order valence-electron chi connectivity index (χ4n) is 0.404. The van der Waals surface area contributed by atoms with Crippen LogP contribution in [0.3, 0.4) is 0 Å². The summed E-state index contributed by atoms with van der Waals surface area (Å²) in [6.07, 6.45) is 2.42. The third-order valence-corrected chi connectivity index (χ3v) is 1.54. The van der Waals surface area contributed by atoms with E-state index in [1.165, 1.54) is 0 Å². The van der Waals surface area contributed by atoms with Crippen molar-refractivity contribution in [2.45, 2.75) is 0 Å². The van der Waals surface area contributed by atoms with Crippen LogP contribution in [-0.4, -0.2) is 17.8 Å². The fourth-order valence-corrected chi connectivity index (χ4v) is 0.961. The van der Waals surface area contributed by atoms with E-state index in [9.17, 15) is 4.79 Å². The van der Waals surface area contributed by atoms with Gasteiger partial charge in [0.05, 0.1) is 5.71 Å². The Morgan fingerprint density at radius 1 is 1.88 bits per heavy atom. The standard InChI is InChI=1S/C5H5NOS/c7-3-5-4-8-2-1-6-5/h1-3H,4H2. The Morgan fingerprint density at radius 2 is 2.75 bits per heavy atom. The van der Waals surface area contributed by atoms with E-state index in [-0.39, 0.29) is 0 Å². The van der Waals surface area contributed by atoms with Crippen molar-refractivity contribution in [3.8, 4) is 0 Å². The van der Waals surface area contributed by atoms with Crippen molar-refractivity contribution >= 4 is 23.8 Å². The number of rotatable bonds is 1. The lowest BCUT2D eigenvalue weighted by Crippen LogP contribution is -2.03. The number of nitrogens with zero attached hydrogens (tertiary/aromatic N) is 1. The van der Waals surface area contributed by atoms with Crippen molar-refractivity contribution in [2.24, 2.45) is 4.99 Å². The summed E-state index contributed by atoms with van der Waals surface area (Å²) in [6.45, 7) is 0. The number of aldehydes is 1. The molecule has 0 aliphatic carbocycles. The largest absolute Gasteiger partial charge is 0.296 e. The van der Waals surface area contributed by atoms with Crippen molar-refractivity contribution in [1.29, 1.82) is 0 Å². The lowest BCUT2D eigenvalue weighted by atomic mass is 10.5. The van der Waals surface area contributed by atoms with Crippen LogP contribution in [0.15, 0.2) is 16.6 Å². The molecule has 0 radical (unpaired) electrons. The minimum absolute atomic E-state index is 0.623. The molecule has 8 heavy (non-hydrogen) atoms. The third-order valence-electron chi connectivity index (χ3n) is 0.765. The van der Waals surface area contributed by atoms with Crippen LogP contribution in [0, 0.1) is 0 Å². The van der Waals surface area contributed by atoms with Gasteiger partial charge in [0.1, 0.15) is 0 Å². The zero-order valence-electron chi connectivity index (χ0n) is 4.20. The van der Waals surface area contributed by atoms with Crippen molar-refractivity contribution in [2.75, 3.05) is 5.75 Å². The molecule has 1 heterocycles. The summed E-state index contributed by atoms with van der Waals surface area (Å²) >= 11 is 1.58. The Morgan fingerprint density at radius 3 is 3.12 bits per heavy atom. The Hall–Kier alpha value is -0.570. The van der Waals surface area contributed by atoms with Crippen LogP contribution < -0.4 is 0 Å². The van der Waals surface area contributed by atoms with E-state index in [4.69, 9.17) is 0 Å². The molecule has 3 heteroatoms. The average molecular weight is 127 g/mol. The molecule has 1 aliphatic heterocycles. The molecule has 42 valence electrons. The van der Waals surface area contributed by atoms with Gasteiger partial charge in [0.15, 0.2) is 6.29 Å². The van der Waals surface area contributed by atoms with Gasteiger partial charge in [-0.05, 0) is 5.41 Å². The smallest absolute Gasteiger partial charge is 0.165 e. The second-order valence-electron chi connectivity index (χ2n) is 1.33. The number of thioether (sulfide) groups is 1. The Bertz CT molecular complexity index is 151. The summed E-state index contributed by atoms with van der Waals surface area (Å²) in [4.78, 5) is 13.8. The van der Waals surface area contributed by atoms with Gasteiger partial charge in [-0.2, -0.15) is 0 Å². The zero-order chi connectivity index (χ0) is 5.82. The summed E-state index contributed by atoms with van der Waals surface area (Å²) < 4.78 is 0. The average Bonchev–Trinajstić information content (AvgIpc) is 1.90. The highest BCUT2D eigenvalue weighted by Crippen LogP contribution is 2.06. The first kappa shape index (κ1) is 5.56. The highest BCUT2D eigenvalue weighted by atomic mass is 32.2. The van der Waals surface area contributed by atoms with E-state index in [0.717, 1.165) is 12.0 Å². The molecule has 1 rings (SSSR count). The molecule has 0 aromatic heterocycles. The summed E-state index contributed by atoms with van der Waals surface area (Å²) in [5.74, 6) is 0.722. The van der Waals surface area contributed by atoms with Crippen molar-refractivity contribution in [1.82, 2.24) is 0 Å². The zero-order valence-corrected chi connectivity index (χ0v) is 5.02. The molecule has 0 aromatic carbocycles. The van der Waals surface area contributed by atoms with Gasteiger partial charge in [-0.3, -0.25) is 9.79 Å². The number of hydrogen-bond acceptors (Lipinski definition) is 3. The number of carbonyl (C=O) groups excluding carboxylic acids is 1. The highest BCUT2D eigenvalue weighted by Gasteiger charge is 1.96. The first-order valence-electron chi connectivity index (χ1n) is 2.22. The third kappa shape index (κ3) is 1.20. The van der Waals surface area contributed by atoms with Crippen LogP contribution in [0.25, 0.3) is 0 Å². The van der Waals surface area contributed by atoms with Crippen molar-refractivity contribution in [3.05, 3.63) is 11.6 Å². The lowest BCUT2D eigenvalue weighted by Gasteiger charge is -1.96. The van der Waals surface area contributed by atoms with Crippen LogP contribution in [0.5, 0.6) is 0 Å². The van der Waals surface area contributed by atoms with Gasteiger partial charge in [0.2, 0.25) is 0 Å². The molecule has 2 nitrogen and oxygen atoms in total. The predicted octanol–water partition coefficient (Wildman–Crippen LogP) is 0.844. The molecule has 0 bridgehead atoms. The van der Waals surface area contributed by atoms with Crippen LogP contribution in [0.4, 0.5) is 0 Å². The fraction of sp³-hybridized carbons (Fsp3) is 0.200. The van der Waals surface area contributed by atoms with E-state index in [0.29, 0.717) is 5.71 Å². The Kier molecular flexibility index (Phi) is 1.86. The maximum atomic E-state index is 9.98. The minimum atomic E-state index is 0.623. The molecule has 0 fully saturated rings. The summed E-state index contributed by atoms with van der Waals surface area (Å²) in [7, 11) is 0. The monoisotopic (exact) mass is 127 g/mol.